The van der Waals surface area contributed by atoms with E-state index in [1.54, 1.807) is 31.2 Å². The maximum Gasteiger partial charge on any atom is 0.265 e. The van der Waals surface area contributed by atoms with Crippen LogP contribution in [-0.4, -0.2) is 17.9 Å². The maximum absolute atomic E-state index is 12.5. The SMILES string of the molecule is Cc1ccc(C(C)C)c(OC(C)C(=O)Nc2ccccc2C(N)=O)c1. The van der Waals surface area contributed by atoms with Gasteiger partial charge < -0.3 is 15.8 Å². The first-order chi connectivity index (χ1) is 11.8. The summed E-state index contributed by atoms with van der Waals surface area (Å²) in [5.41, 5.74) is 8.09. The first-order valence-corrected chi connectivity index (χ1v) is 8.26. The van der Waals surface area contributed by atoms with Crippen molar-refractivity contribution in [1.82, 2.24) is 0 Å². The number of primary amides is 1. The van der Waals surface area contributed by atoms with E-state index < -0.39 is 12.0 Å². The summed E-state index contributed by atoms with van der Waals surface area (Å²) in [4.78, 5) is 23.9. The summed E-state index contributed by atoms with van der Waals surface area (Å²) in [5.74, 6) is 0.0393. The van der Waals surface area contributed by atoms with Crippen molar-refractivity contribution in [2.45, 2.75) is 39.7 Å². The lowest BCUT2D eigenvalue weighted by molar-refractivity contribution is -0.122. The number of carbonyl (C=O) groups is 2. The van der Waals surface area contributed by atoms with Gasteiger partial charge in [0.15, 0.2) is 6.10 Å². The average Bonchev–Trinajstić information content (AvgIpc) is 2.54. The van der Waals surface area contributed by atoms with E-state index in [2.05, 4.69) is 19.2 Å². The molecule has 0 aliphatic heterocycles. The predicted molar refractivity (Wildman–Crippen MR) is 98.9 cm³/mol. The second-order valence-electron chi connectivity index (χ2n) is 6.36. The van der Waals surface area contributed by atoms with Crippen molar-refractivity contribution >= 4 is 17.5 Å². The summed E-state index contributed by atoms with van der Waals surface area (Å²) in [6, 6.07) is 12.6. The summed E-state index contributed by atoms with van der Waals surface area (Å²) in [6.45, 7) is 7.80. The Hall–Kier alpha value is -2.82. The highest BCUT2D eigenvalue weighted by Gasteiger charge is 2.19. The minimum Gasteiger partial charge on any atom is -0.481 e. The van der Waals surface area contributed by atoms with Gasteiger partial charge in [0.1, 0.15) is 5.75 Å². The lowest BCUT2D eigenvalue weighted by Crippen LogP contribution is -2.31. The van der Waals surface area contributed by atoms with Gasteiger partial charge in [0.2, 0.25) is 0 Å². The van der Waals surface area contributed by atoms with Crippen molar-refractivity contribution in [3.8, 4) is 5.75 Å². The molecule has 0 aromatic heterocycles. The lowest BCUT2D eigenvalue weighted by atomic mass is 10.0. The number of hydrogen-bond donors (Lipinski definition) is 2. The number of nitrogens with one attached hydrogen (secondary N) is 1. The molecule has 25 heavy (non-hydrogen) atoms. The summed E-state index contributed by atoms with van der Waals surface area (Å²) in [5, 5.41) is 2.71. The average molecular weight is 340 g/mol. The van der Waals surface area contributed by atoms with Crippen molar-refractivity contribution in [3.63, 3.8) is 0 Å². The molecule has 0 fully saturated rings. The smallest absolute Gasteiger partial charge is 0.265 e. The van der Waals surface area contributed by atoms with Gasteiger partial charge in [-0.25, -0.2) is 0 Å². The minimum absolute atomic E-state index is 0.265. The van der Waals surface area contributed by atoms with Crippen LogP contribution in [0.1, 0.15) is 48.2 Å². The molecule has 0 aliphatic carbocycles. The van der Waals surface area contributed by atoms with Crippen LogP contribution in [0.25, 0.3) is 0 Å². The first kappa shape index (κ1) is 18.5. The number of ether oxygens (including phenoxy) is 1. The van der Waals surface area contributed by atoms with Gasteiger partial charge in [0.05, 0.1) is 11.3 Å². The van der Waals surface area contributed by atoms with E-state index in [9.17, 15) is 9.59 Å². The Kier molecular flexibility index (Phi) is 5.80. The molecular weight excluding hydrogens is 316 g/mol. The predicted octanol–water partition coefficient (Wildman–Crippen LogP) is 3.62. The molecule has 2 aromatic rings. The number of carbonyl (C=O) groups excluding carboxylic acids is 2. The molecule has 0 saturated carbocycles. The molecule has 2 aromatic carbocycles. The highest BCUT2D eigenvalue weighted by molar-refractivity contribution is 6.03. The fourth-order valence-corrected chi connectivity index (χ4v) is 2.51. The van der Waals surface area contributed by atoms with Crippen LogP contribution in [0.4, 0.5) is 5.69 Å². The van der Waals surface area contributed by atoms with Crippen LogP contribution in [0.5, 0.6) is 5.75 Å². The zero-order chi connectivity index (χ0) is 18.6. The molecule has 5 nitrogen and oxygen atoms in total. The van der Waals surface area contributed by atoms with Gasteiger partial charge >= 0.3 is 0 Å². The van der Waals surface area contributed by atoms with Crippen molar-refractivity contribution in [2.24, 2.45) is 5.73 Å². The van der Waals surface area contributed by atoms with Crippen LogP contribution in [0.15, 0.2) is 42.5 Å². The molecule has 0 spiro atoms. The fraction of sp³-hybridized carbons (Fsp3) is 0.300. The van der Waals surface area contributed by atoms with Gasteiger partial charge in [-0.05, 0) is 49.1 Å². The molecule has 0 bridgehead atoms. The van der Waals surface area contributed by atoms with Gasteiger partial charge in [-0.2, -0.15) is 0 Å². The third kappa shape index (κ3) is 4.59. The van der Waals surface area contributed by atoms with E-state index in [0.717, 1.165) is 11.1 Å². The van der Waals surface area contributed by atoms with Crippen molar-refractivity contribution < 1.29 is 14.3 Å². The largest absolute Gasteiger partial charge is 0.481 e. The molecule has 0 heterocycles. The molecule has 5 heteroatoms. The molecule has 0 aliphatic rings. The van der Waals surface area contributed by atoms with E-state index >= 15 is 0 Å². The van der Waals surface area contributed by atoms with Gasteiger partial charge in [-0.3, -0.25) is 9.59 Å². The maximum atomic E-state index is 12.5. The zero-order valence-electron chi connectivity index (χ0n) is 15.0. The summed E-state index contributed by atoms with van der Waals surface area (Å²) < 4.78 is 5.89. The van der Waals surface area contributed by atoms with E-state index in [1.807, 2.05) is 25.1 Å². The molecule has 2 amide bonds. The third-order valence-corrected chi connectivity index (χ3v) is 3.91. The van der Waals surface area contributed by atoms with E-state index in [4.69, 9.17) is 10.5 Å². The monoisotopic (exact) mass is 340 g/mol. The molecule has 2 rings (SSSR count). The molecule has 0 radical (unpaired) electrons. The van der Waals surface area contributed by atoms with E-state index in [0.29, 0.717) is 11.4 Å². The number of anilines is 1. The second-order valence-corrected chi connectivity index (χ2v) is 6.36. The molecule has 1 atom stereocenters. The minimum atomic E-state index is -0.722. The van der Waals surface area contributed by atoms with Gasteiger partial charge in [-0.1, -0.05) is 38.1 Å². The summed E-state index contributed by atoms with van der Waals surface area (Å²) in [7, 11) is 0. The second kappa shape index (κ2) is 7.83. The highest BCUT2D eigenvalue weighted by atomic mass is 16.5. The number of amides is 2. The number of para-hydroxylation sites is 1. The van der Waals surface area contributed by atoms with Crippen LogP contribution in [0.3, 0.4) is 0 Å². The van der Waals surface area contributed by atoms with Gasteiger partial charge in [0.25, 0.3) is 11.8 Å². The van der Waals surface area contributed by atoms with Crippen LogP contribution in [0.2, 0.25) is 0 Å². The van der Waals surface area contributed by atoms with Crippen molar-refractivity contribution in [2.75, 3.05) is 5.32 Å². The standard InChI is InChI=1S/C20H24N2O3/c1-12(2)15-10-9-13(3)11-18(15)25-14(4)20(24)22-17-8-6-5-7-16(17)19(21)23/h5-12,14H,1-4H3,(H2,21,23)(H,22,24). The number of benzene rings is 2. The summed E-state index contributed by atoms with van der Waals surface area (Å²) in [6.07, 6.45) is -0.722. The Morgan fingerprint density at radius 3 is 2.40 bits per heavy atom. The normalized spacial score (nSPS) is 11.9. The number of hydrogen-bond acceptors (Lipinski definition) is 3. The van der Waals surface area contributed by atoms with Crippen LogP contribution in [-0.2, 0) is 4.79 Å². The number of nitrogens with two attached hydrogens (primary N) is 1. The quantitative estimate of drug-likeness (QED) is 0.842. The van der Waals surface area contributed by atoms with Gasteiger partial charge in [0, 0.05) is 0 Å². The Balaban J connectivity index is 2.17. The molecule has 3 N–H and O–H groups in total. The Bertz CT molecular complexity index is 784. The molecule has 132 valence electrons. The van der Waals surface area contributed by atoms with Gasteiger partial charge in [-0.15, -0.1) is 0 Å². The molecule has 0 saturated heterocycles. The topological polar surface area (TPSA) is 81.4 Å². The Labute approximate surface area is 148 Å². The van der Waals surface area contributed by atoms with Crippen molar-refractivity contribution in [3.05, 3.63) is 59.2 Å². The third-order valence-electron chi connectivity index (χ3n) is 3.91. The van der Waals surface area contributed by atoms with Crippen molar-refractivity contribution in [1.29, 1.82) is 0 Å². The zero-order valence-corrected chi connectivity index (χ0v) is 15.0. The highest BCUT2D eigenvalue weighted by Crippen LogP contribution is 2.28. The Morgan fingerprint density at radius 2 is 1.76 bits per heavy atom. The van der Waals surface area contributed by atoms with E-state index in [1.165, 1.54) is 0 Å². The number of rotatable bonds is 6. The van der Waals surface area contributed by atoms with E-state index in [-0.39, 0.29) is 17.4 Å². The van der Waals surface area contributed by atoms with Crippen LogP contribution in [0, 0.1) is 6.92 Å². The lowest BCUT2D eigenvalue weighted by Gasteiger charge is -2.19. The fourth-order valence-electron chi connectivity index (χ4n) is 2.51. The first-order valence-electron chi connectivity index (χ1n) is 8.26. The van der Waals surface area contributed by atoms with Crippen LogP contribution >= 0.6 is 0 Å². The Morgan fingerprint density at radius 1 is 1.08 bits per heavy atom. The molecular formula is C20H24N2O3. The number of aryl methyl sites for hydroxylation is 1. The van der Waals surface area contributed by atoms with Crippen LogP contribution < -0.4 is 15.8 Å². The molecule has 1 unspecified atom stereocenters. The summed E-state index contributed by atoms with van der Waals surface area (Å²) >= 11 is 0.